The zero-order valence-corrected chi connectivity index (χ0v) is 17.3. The van der Waals surface area contributed by atoms with Crippen molar-refractivity contribution < 1.29 is 17.6 Å². The van der Waals surface area contributed by atoms with Gasteiger partial charge >= 0.3 is 0 Å². The first kappa shape index (κ1) is 16.9. The fourth-order valence-electron chi connectivity index (χ4n) is 4.57. The molecule has 0 spiro atoms. The highest BCUT2D eigenvalue weighted by Crippen LogP contribution is 2.68. The van der Waals surface area contributed by atoms with E-state index in [4.69, 9.17) is 4.42 Å². The maximum atomic E-state index is 12.6. The normalized spacial score (nSPS) is 31.0. The summed E-state index contributed by atoms with van der Waals surface area (Å²) in [6, 6.07) is 3.20. The van der Waals surface area contributed by atoms with E-state index in [2.05, 4.69) is 26.2 Å². The lowest BCUT2D eigenvalue weighted by molar-refractivity contribution is -0.0813. The number of thiazole rings is 1. The summed E-state index contributed by atoms with van der Waals surface area (Å²) >= 11 is 5.04. The predicted molar refractivity (Wildman–Crippen MR) is 100 cm³/mol. The summed E-state index contributed by atoms with van der Waals surface area (Å²) in [6.45, 7) is 0. The SMILES string of the molecule is CS(=O)(=O)C1(c2ccc(C(=O)NC34CC(c5nc(Br)cs5)(C3)C4)o2)CC1. The Morgan fingerprint density at radius 2 is 2.00 bits per heavy atom. The Morgan fingerprint density at radius 3 is 2.54 bits per heavy atom. The van der Waals surface area contributed by atoms with Crippen molar-refractivity contribution in [2.75, 3.05) is 6.26 Å². The first-order chi connectivity index (χ1) is 12.2. The van der Waals surface area contributed by atoms with Gasteiger partial charge in [-0.3, -0.25) is 4.79 Å². The molecule has 0 radical (unpaired) electrons. The largest absolute Gasteiger partial charge is 0.454 e. The van der Waals surface area contributed by atoms with Crippen LogP contribution in [0.15, 0.2) is 26.5 Å². The van der Waals surface area contributed by atoms with Gasteiger partial charge in [-0.2, -0.15) is 0 Å². The fraction of sp³-hybridized carbons (Fsp3) is 0.529. The van der Waals surface area contributed by atoms with Gasteiger partial charge in [-0.25, -0.2) is 13.4 Å². The molecule has 0 unspecified atom stereocenters. The average Bonchev–Trinajstić information content (AvgIpc) is 2.97. The first-order valence-corrected chi connectivity index (χ1v) is 12.0. The van der Waals surface area contributed by atoms with E-state index >= 15 is 0 Å². The van der Waals surface area contributed by atoms with Crippen molar-refractivity contribution >= 4 is 43.0 Å². The Kier molecular flexibility index (Phi) is 3.25. The maximum absolute atomic E-state index is 12.6. The Morgan fingerprint density at radius 1 is 1.31 bits per heavy atom. The number of furan rings is 1. The van der Waals surface area contributed by atoms with Crippen LogP contribution >= 0.6 is 27.3 Å². The minimum atomic E-state index is -3.25. The van der Waals surface area contributed by atoms with Crippen molar-refractivity contribution in [3.63, 3.8) is 0 Å². The topological polar surface area (TPSA) is 89.3 Å². The van der Waals surface area contributed by atoms with Crippen molar-refractivity contribution in [3.05, 3.63) is 38.6 Å². The lowest BCUT2D eigenvalue weighted by atomic mass is 9.39. The van der Waals surface area contributed by atoms with Crippen LogP contribution in [-0.4, -0.2) is 31.1 Å². The second-order valence-corrected chi connectivity index (χ2v) is 11.9. The van der Waals surface area contributed by atoms with E-state index in [9.17, 15) is 13.2 Å². The highest BCUT2D eigenvalue weighted by molar-refractivity contribution is 9.10. The number of nitrogens with zero attached hydrogens (tertiary/aromatic N) is 1. The van der Waals surface area contributed by atoms with Gasteiger partial charge < -0.3 is 9.73 Å². The van der Waals surface area contributed by atoms with Crippen LogP contribution in [0.3, 0.4) is 0 Å². The second kappa shape index (κ2) is 4.99. The molecule has 6 nitrogen and oxygen atoms in total. The molecule has 4 aliphatic rings. The third-order valence-corrected chi connectivity index (χ3v) is 9.86. The van der Waals surface area contributed by atoms with Crippen molar-refractivity contribution in [2.45, 2.75) is 47.8 Å². The molecule has 4 fully saturated rings. The van der Waals surface area contributed by atoms with Gasteiger partial charge in [0.2, 0.25) is 0 Å². The Balaban J connectivity index is 1.28. The van der Waals surface area contributed by atoms with Crippen LogP contribution in [0.25, 0.3) is 0 Å². The summed E-state index contributed by atoms with van der Waals surface area (Å²) in [4.78, 5) is 17.1. The van der Waals surface area contributed by atoms with Crippen molar-refractivity contribution in [1.82, 2.24) is 10.3 Å². The third-order valence-electron chi connectivity index (χ3n) is 6.03. The highest BCUT2D eigenvalue weighted by Gasteiger charge is 2.70. The average molecular weight is 457 g/mol. The second-order valence-electron chi connectivity index (χ2n) is 7.95. The summed E-state index contributed by atoms with van der Waals surface area (Å²) in [6.07, 6.45) is 5.01. The summed E-state index contributed by atoms with van der Waals surface area (Å²) in [5.74, 6) is 0.298. The number of sulfone groups is 1. The molecular formula is C17H17BrN2O4S2. The molecule has 2 aromatic heterocycles. The molecule has 0 aromatic carbocycles. The zero-order chi connectivity index (χ0) is 18.4. The lowest BCUT2D eigenvalue weighted by Gasteiger charge is -2.69. The molecule has 2 heterocycles. The van der Waals surface area contributed by atoms with Gasteiger partial charge in [0, 0.05) is 22.6 Å². The summed E-state index contributed by atoms with van der Waals surface area (Å²) < 4.78 is 29.6. The van der Waals surface area contributed by atoms with Crippen LogP contribution < -0.4 is 5.32 Å². The van der Waals surface area contributed by atoms with Crippen molar-refractivity contribution in [3.8, 4) is 0 Å². The maximum Gasteiger partial charge on any atom is 0.287 e. The molecule has 9 heteroatoms. The van der Waals surface area contributed by atoms with Crippen LogP contribution in [-0.2, 0) is 20.0 Å². The van der Waals surface area contributed by atoms with Crippen LogP contribution in [0.4, 0.5) is 0 Å². The molecule has 6 rings (SSSR count). The monoisotopic (exact) mass is 456 g/mol. The van der Waals surface area contributed by atoms with Gasteiger partial charge in [-0.05, 0) is 60.2 Å². The molecule has 2 aromatic rings. The van der Waals surface area contributed by atoms with Gasteiger partial charge in [0.25, 0.3) is 5.91 Å². The predicted octanol–water partition coefficient (Wildman–Crippen LogP) is 3.14. The first-order valence-electron chi connectivity index (χ1n) is 8.41. The van der Waals surface area contributed by atoms with Gasteiger partial charge in [-0.1, -0.05) is 0 Å². The summed E-state index contributed by atoms with van der Waals surface area (Å²) in [5.41, 5.74) is -0.0526. The Labute approximate surface area is 163 Å². The van der Waals surface area contributed by atoms with Gasteiger partial charge in [0.05, 0.1) is 0 Å². The fourth-order valence-corrected chi connectivity index (χ4v) is 7.34. The Hall–Kier alpha value is -1.19. The number of halogens is 1. The summed E-state index contributed by atoms with van der Waals surface area (Å²) in [5, 5.41) is 6.20. The molecule has 0 aliphatic heterocycles. The lowest BCUT2D eigenvalue weighted by Crippen LogP contribution is -2.76. The molecule has 26 heavy (non-hydrogen) atoms. The number of amides is 1. The number of rotatable bonds is 5. The number of hydrogen-bond donors (Lipinski definition) is 1. The van der Waals surface area contributed by atoms with E-state index in [0.717, 1.165) is 28.9 Å². The zero-order valence-electron chi connectivity index (χ0n) is 14.0. The standard InChI is InChI=1S/C17H17BrN2O4S2/c1-26(22,23)17(4-5-17)11-3-2-10(24-11)13(21)20-16-7-15(8-16,9-16)14-19-12(18)6-25-14/h2-3,6H,4-5,7-9H2,1H3,(H,20,21). The molecule has 138 valence electrons. The minimum Gasteiger partial charge on any atom is -0.454 e. The molecule has 1 amide bonds. The minimum absolute atomic E-state index is 0.118. The van der Waals surface area contributed by atoms with Crippen LogP contribution in [0.2, 0.25) is 0 Å². The third kappa shape index (κ3) is 2.23. The van der Waals surface area contributed by atoms with Crippen molar-refractivity contribution in [1.29, 1.82) is 0 Å². The van der Waals surface area contributed by atoms with Crippen LogP contribution in [0.1, 0.15) is 53.4 Å². The van der Waals surface area contributed by atoms with Gasteiger partial charge in [-0.15, -0.1) is 11.3 Å². The number of carbonyl (C=O) groups excluding carboxylic acids is 1. The Bertz CT molecular complexity index is 1020. The smallest absolute Gasteiger partial charge is 0.287 e. The van der Waals surface area contributed by atoms with Gasteiger partial charge in [0.15, 0.2) is 15.6 Å². The summed E-state index contributed by atoms with van der Waals surface area (Å²) in [7, 11) is -3.25. The molecule has 2 bridgehead atoms. The van der Waals surface area contributed by atoms with E-state index in [1.54, 1.807) is 23.5 Å². The quantitative estimate of drug-likeness (QED) is 0.745. The van der Waals surface area contributed by atoms with Crippen molar-refractivity contribution in [2.24, 2.45) is 0 Å². The number of aromatic nitrogens is 1. The molecule has 0 atom stereocenters. The van der Waals surface area contributed by atoms with E-state index in [-0.39, 0.29) is 22.6 Å². The highest BCUT2D eigenvalue weighted by atomic mass is 79.9. The molecule has 0 saturated heterocycles. The molecule has 1 N–H and O–H groups in total. The molecule has 4 aliphatic carbocycles. The van der Waals surface area contributed by atoms with E-state index in [1.807, 2.05) is 5.38 Å². The number of carbonyl (C=O) groups is 1. The number of nitrogens with one attached hydrogen (secondary N) is 1. The van der Waals surface area contributed by atoms with E-state index in [0.29, 0.717) is 18.6 Å². The van der Waals surface area contributed by atoms with Gasteiger partial charge in [0.1, 0.15) is 20.1 Å². The van der Waals surface area contributed by atoms with E-state index < -0.39 is 14.6 Å². The molecule has 4 saturated carbocycles. The van der Waals surface area contributed by atoms with E-state index in [1.165, 1.54) is 6.26 Å². The number of hydrogen-bond acceptors (Lipinski definition) is 6. The van der Waals surface area contributed by atoms with Crippen LogP contribution in [0, 0.1) is 0 Å². The van der Waals surface area contributed by atoms with Crippen LogP contribution in [0.5, 0.6) is 0 Å². The molecular weight excluding hydrogens is 440 g/mol.